The summed E-state index contributed by atoms with van der Waals surface area (Å²) in [7, 11) is 1.58. The molecule has 0 aromatic carbocycles. The summed E-state index contributed by atoms with van der Waals surface area (Å²) in [4.78, 5) is 33.2. The lowest BCUT2D eigenvalue weighted by atomic mass is 10.3. The molecule has 0 bridgehead atoms. The highest BCUT2D eigenvalue weighted by Gasteiger charge is 2.15. The van der Waals surface area contributed by atoms with Crippen molar-refractivity contribution < 1.29 is 9.59 Å². The van der Waals surface area contributed by atoms with E-state index in [1.54, 1.807) is 7.05 Å². The number of hydrogen-bond donors (Lipinski definition) is 2. The molecule has 0 unspecified atom stereocenters. The van der Waals surface area contributed by atoms with Crippen LogP contribution in [0, 0.1) is 0 Å². The topological polar surface area (TPSA) is 87.2 Å². The minimum Gasteiger partial charge on any atom is -0.355 e. The highest BCUT2D eigenvalue weighted by molar-refractivity contribution is 5.95. The first-order valence-electron chi connectivity index (χ1n) is 7.16. The number of carbonyl (C=O) groups excluding carboxylic acids is 2. The summed E-state index contributed by atoms with van der Waals surface area (Å²) in [5.74, 6) is 0.0437. The van der Waals surface area contributed by atoms with E-state index in [4.69, 9.17) is 0 Å². The van der Waals surface area contributed by atoms with Crippen molar-refractivity contribution in [2.45, 2.75) is 26.7 Å². The van der Waals surface area contributed by atoms with Crippen molar-refractivity contribution >= 4 is 17.8 Å². The number of rotatable bonds is 8. The van der Waals surface area contributed by atoms with Crippen LogP contribution in [0.25, 0.3) is 0 Å². The number of aromatic nitrogens is 2. The van der Waals surface area contributed by atoms with Gasteiger partial charge in [-0.1, -0.05) is 13.3 Å². The largest absolute Gasteiger partial charge is 0.355 e. The van der Waals surface area contributed by atoms with Gasteiger partial charge in [0.1, 0.15) is 0 Å². The Morgan fingerprint density at radius 1 is 1.24 bits per heavy atom. The van der Waals surface area contributed by atoms with Crippen LogP contribution in [0.3, 0.4) is 0 Å². The second kappa shape index (κ2) is 8.89. The number of nitrogens with one attached hydrogen (secondary N) is 2. The first-order valence-corrected chi connectivity index (χ1v) is 7.16. The molecular weight excluding hydrogens is 270 g/mol. The quantitative estimate of drug-likeness (QED) is 0.695. The molecule has 116 valence electrons. The van der Waals surface area contributed by atoms with Gasteiger partial charge in [-0.15, -0.1) is 0 Å². The van der Waals surface area contributed by atoms with Crippen LogP contribution in [0.5, 0.6) is 0 Å². The van der Waals surface area contributed by atoms with Crippen molar-refractivity contribution in [3.63, 3.8) is 0 Å². The Labute approximate surface area is 125 Å². The second-order valence-electron chi connectivity index (χ2n) is 4.69. The van der Waals surface area contributed by atoms with E-state index >= 15 is 0 Å². The van der Waals surface area contributed by atoms with E-state index in [-0.39, 0.29) is 18.4 Å². The Hall–Kier alpha value is -2.18. The van der Waals surface area contributed by atoms with E-state index in [0.29, 0.717) is 24.6 Å². The highest BCUT2D eigenvalue weighted by Crippen LogP contribution is 2.03. The predicted octanol–water partition coefficient (Wildman–Crippen LogP) is 0.897. The first-order chi connectivity index (χ1) is 10.1. The molecule has 0 aliphatic carbocycles. The molecule has 0 aliphatic rings. The van der Waals surface area contributed by atoms with Gasteiger partial charge in [-0.2, -0.15) is 0 Å². The average molecular weight is 293 g/mol. The standard InChI is InChI=1S/C14H23N5O2/c1-4-6-7-16-12(20)10-19(3)13(21)11-8-17-14(15-5-2)18-9-11/h8-9H,4-7,10H2,1-3H3,(H,16,20)(H,15,17,18). The normalized spacial score (nSPS) is 10.0. The SMILES string of the molecule is CCCCNC(=O)CN(C)C(=O)c1cnc(NCC)nc1. The van der Waals surface area contributed by atoms with Crippen molar-refractivity contribution in [2.24, 2.45) is 0 Å². The molecule has 2 amide bonds. The van der Waals surface area contributed by atoms with Gasteiger partial charge < -0.3 is 15.5 Å². The zero-order valence-corrected chi connectivity index (χ0v) is 12.8. The Kier molecular flexibility index (Phi) is 7.14. The third-order valence-corrected chi connectivity index (χ3v) is 2.81. The van der Waals surface area contributed by atoms with Crippen molar-refractivity contribution in [3.05, 3.63) is 18.0 Å². The van der Waals surface area contributed by atoms with Gasteiger partial charge in [-0.25, -0.2) is 9.97 Å². The summed E-state index contributed by atoms with van der Waals surface area (Å²) in [5.41, 5.74) is 0.362. The lowest BCUT2D eigenvalue weighted by Crippen LogP contribution is -2.38. The Balaban J connectivity index is 2.51. The van der Waals surface area contributed by atoms with Crippen LogP contribution < -0.4 is 10.6 Å². The van der Waals surface area contributed by atoms with Gasteiger partial charge in [-0.3, -0.25) is 9.59 Å². The fourth-order valence-electron chi connectivity index (χ4n) is 1.66. The van der Waals surface area contributed by atoms with E-state index in [9.17, 15) is 9.59 Å². The van der Waals surface area contributed by atoms with Gasteiger partial charge in [0.15, 0.2) is 0 Å². The van der Waals surface area contributed by atoms with E-state index in [1.807, 2.05) is 6.92 Å². The van der Waals surface area contributed by atoms with E-state index in [2.05, 4.69) is 27.5 Å². The molecule has 1 aromatic heterocycles. The van der Waals surface area contributed by atoms with Crippen LogP contribution in [-0.2, 0) is 4.79 Å². The molecule has 1 rings (SSSR count). The predicted molar refractivity (Wildman–Crippen MR) is 81.1 cm³/mol. The van der Waals surface area contributed by atoms with Crippen LogP contribution in [-0.4, -0.2) is 53.4 Å². The van der Waals surface area contributed by atoms with Gasteiger partial charge in [0.05, 0.1) is 12.1 Å². The smallest absolute Gasteiger partial charge is 0.257 e. The molecule has 0 saturated heterocycles. The van der Waals surface area contributed by atoms with Crippen LogP contribution >= 0.6 is 0 Å². The van der Waals surface area contributed by atoms with E-state index in [1.165, 1.54) is 17.3 Å². The molecule has 7 nitrogen and oxygen atoms in total. The number of carbonyl (C=O) groups is 2. The number of unbranched alkanes of at least 4 members (excludes halogenated alkanes) is 1. The second-order valence-corrected chi connectivity index (χ2v) is 4.69. The first kappa shape index (κ1) is 16.9. The lowest BCUT2D eigenvalue weighted by Gasteiger charge is -2.16. The summed E-state index contributed by atoms with van der Waals surface area (Å²) >= 11 is 0. The number of hydrogen-bond acceptors (Lipinski definition) is 5. The minimum atomic E-state index is -0.274. The molecule has 2 N–H and O–H groups in total. The number of amides is 2. The Bertz CT molecular complexity index is 461. The average Bonchev–Trinajstić information content (AvgIpc) is 2.48. The van der Waals surface area contributed by atoms with Crippen molar-refractivity contribution in [3.8, 4) is 0 Å². The molecule has 0 radical (unpaired) electrons. The van der Waals surface area contributed by atoms with Gasteiger partial charge in [0.2, 0.25) is 11.9 Å². The van der Waals surface area contributed by atoms with Crippen molar-refractivity contribution in [1.29, 1.82) is 0 Å². The van der Waals surface area contributed by atoms with Crippen LogP contribution in [0.2, 0.25) is 0 Å². The molecule has 0 atom stereocenters. The lowest BCUT2D eigenvalue weighted by molar-refractivity contribution is -0.121. The Morgan fingerprint density at radius 3 is 2.48 bits per heavy atom. The number of likely N-dealkylation sites (N-methyl/N-ethyl adjacent to an activating group) is 1. The monoisotopic (exact) mass is 293 g/mol. The minimum absolute atomic E-state index is 0.0253. The number of nitrogens with zero attached hydrogens (tertiary/aromatic N) is 3. The third kappa shape index (κ3) is 5.76. The molecule has 0 spiro atoms. The van der Waals surface area contributed by atoms with Gasteiger partial charge >= 0.3 is 0 Å². The molecule has 0 fully saturated rings. The molecule has 7 heteroatoms. The summed E-state index contributed by atoms with van der Waals surface area (Å²) in [6, 6.07) is 0. The molecule has 1 heterocycles. The molecule has 0 saturated carbocycles. The fourth-order valence-corrected chi connectivity index (χ4v) is 1.66. The van der Waals surface area contributed by atoms with Crippen LogP contribution in [0.4, 0.5) is 5.95 Å². The van der Waals surface area contributed by atoms with Crippen molar-refractivity contribution in [2.75, 3.05) is 32.0 Å². The zero-order chi connectivity index (χ0) is 15.7. The maximum absolute atomic E-state index is 12.1. The molecule has 0 aliphatic heterocycles. The van der Waals surface area contributed by atoms with E-state index in [0.717, 1.165) is 12.8 Å². The van der Waals surface area contributed by atoms with Crippen LogP contribution in [0.1, 0.15) is 37.0 Å². The maximum atomic E-state index is 12.1. The number of anilines is 1. The molecular formula is C14H23N5O2. The van der Waals surface area contributed by atoms with E-state index < -0.39 is 0 Å². The van der Waals surface area contributed by atoms with Gasteiger partial charge in [-0.05, 0) is 13.3 Å². The fraction of sp³-hybridized carbons (Fsp3) is 0.571. The summed E-state index contributed by atoms with van der Waals surface area (Å²) in [5, 5.41) is 5.73. The molecule has 21 heavy (non-hydrogen) atoms. The third-order valence-electron chi connectivity index (χ3n) is 2.81. The zero-order valence-electron chi connectivity index (χ0n) is 12.8. The Morgan fingerprint density at radius 2 is 1.90 bits per heavy atom. The van der Waals surface area contributed by atoms with Gasteiger partial charge in [0.25, 0.3) is 5.91 Å². The summed E-state index contributed by atoms with van der Waals surface area (Å²) in [6.45, 7) is 5.37. The maximum Gasteiger partial charge on any atom is 0.257 e. The summed E-state index contributed by atoms with van der Waals surface area (Å²) in [6.07, 6.45) is 4.87. The van der Waals surface area contributed by atoms with Gasteiger partial charge in [0, 0.05) is 32.5 Å². The summed E-state index contributed by atoms with van der Waals surface area (Å²) < 4.78 is 0. The highest BCUT2D eigenvalue weighted by atomic mass is 16.2. The van der Waals surface area contributed by atoms with Crippen molar-refractivity contribution in [1.82, 2.24) is 20.2 Å². The van der Waals surface area contributed by atoms with Crippen LogP contribution in [0.15, 0.2) is 12.4 Å². The molecule has 1 aromatic rings.